The summed E-state index contributed by atoms with van der Waals surface area (Å²) in [6, 6.07) is 4.61. The van der Waals surface area contributed by atoms with Gasteiger partial charge in [-0.1, -0.05) is 6.07 Å². The molecule has 16 heavy (non-hydrogen) atoms. The lowest BCUT2D eigenvalue weighted by atomic mass is 10.2. The first-order valence-corrected chi connectivity index (χ1v) is 5.96. The number of fused-ring (bicyclic) bond motifs is 1. The summed E-state index contributed by atoms with van der Waals surface area (Å²) in [4.78, 5) is 4.49. The Kier molecular flexibility index (Phi) is 2.86. The molecule has 3 rings (SSSR count). The summed E-state index contributed by atoms with van der Waals surface area (Å²) >= 11 is 0. The molecule has 1 N–H and O–H groups in total. The highest BCUT2D eigenvalue weighted by molar-refractivity contribution is 5.27. The Morgan fingerprint density at radius 1 is 1.38 bits per heavy atom. The first-order valence-electron chi connectivity index (χ1n) is 5.96. The van der Waals surface area contributed by atoms with Crippen molar-refractivity contribution in [2.75, 3.05) is 26.3 Å². The van der Waals surface area contributed by atoms with Gasteiger partial charge in [-0.05, 0) is 24.5 Å². The first-order chi connectivity index (χ1) is 7.93. The summed E-state index contributed by atoms with van der Waals surface area (Å²) in [5.74, 6) is 0. The van der Waals surface area contributed by atoms with Crippen LogP contribution in [0.2, 0.25) is 0 Å². The molecular formula is C12H17N3O. The van der Waals surface area contributed by atoms with Crippen LogP contribution in [0.4, 0.5) is 0 Å². The Labute approximate surface area is 95.6 Å². The molecule has 1 aromatic heterocycles. The van der Waals surface area contributed by atoms with Crippen LogP contribution in [0.15, 0.2) is 18.3 Å². The molecule has 0 radical (unpaired) electrons. The second kappa shape index (κ2) is 4.49. The Morgan fingerprint density at radius 3 is 3.12 bits per heavy atom. The van der Waals surface area contributed by atoms with Crippen molar-refractivity contribution in [2.45, 2.75) is 18.9 Å². The number of hydrogen-bond donors (Lipinski definition) is 1. The summed E-state index contributed by atoms with van der Waals surface area (Å²) in [7, 11) is 0. The molecule has 1 saturated heterocycles. The number of aryl methyl sites for hydroxylation is 1. The van der Waals surface area contributed by atoms with E-state index in [1.807, 2.05) is 12.3 Å². The van der Waals surface area contributed by atoms with Gasteiger partial charge in [-0.25, -0.2) is 10.4 Å². The van der Waals surface area contributed by atoms with Crippen LogP contribution in [-0.2, 0) is 11.2 Å². The summed E-state index contributed by atoms with van der Waals surface area (Å²) in [6.07, 6.45) is 4.19. The Hall–Kier alpha value is -0.970. The minimum atomic E-state index is 0.397. The van der Waals surface area contributed by atoms with Crippen LogP contribution in [0, 0.1) is 0 Å². The fourth-order valence-corrected chi connectivity index (χ4v) is 2.45. The molecule has 0 amide bonds. The Morgan fingerprint density at radius 2 is 2.25 bits per heavy atom. The number of hydrogen-bond acceptors (Lipinski definition) is 4. The van der Waals surface area contributed by atoms with E-state index in [1.165, 1.54) is 11.3 Å². The van der Waals surface area contributed by atoms with Gasteiger partial charge in [-0.15, -0.1) is 0 Å². The van der Waals surface area contributed by atoms with E-state index >= 15 is 0 Å². The van der Waals surface area contributed by atoms with E-state index in [1.54, 1.807) is 0 Å². The van der Waals surface area contributed by atoms with Crippen molar-refractivity contribution >= 4 is 0 Å². The Bertz CT molecular complexity index is 363. The summed E-state index contributed by atoms with van der Waals surface area (Å²) < 4.78 is 5.34. The van der Waals surface area contributed by atoms with E-state index in [-0.39, 0.29) is 0 Å². The second-order valence-electron chi connectivity index (χ2n) is 4.37. The zero-order valence-electron chi connectivity index (χ0n) is 9.35. The molecule has 4 nitrogen and oxygen atoms in total. The van der Waals surface area contributed by atoms with E-state index in [9.17, 15) is 0 Å². The highest BCUT2D eigenvalue weighted by Crippen LogP contribution is 2.28. The topological polar surface area (TPSA) is 37.4 Å². The number of nitrogens with zero attached hydrogens (tertiary/aromatic N) is 2. The van der Waals surface area contributed by atoms with Crippen LogP contribution in [-0.4, -0.2) is 36.3 Å². The first kappa shape index (κ1) is 10.2. The van der Waals surface area contributed by atoms with Crippen molar-refractivity contribution in [1.29, 1.82) is 0 Å². The molecule has 1 unspecified atom stereocenters. The fraction of sp³-hybridized carbons (Fsp3) is 0.583. The molecule has 1 aliphatic heterocycles. The standard InChI is InChI=1S/C12H17N3O/c1-2-10-3-4-11(12(10)13-5-1)14-15-6-8-16-9-7-15/h1-2,5,11,14H,3-4,6-9H2. The number of hydrazine groups is 1. The molecule has 0 bridgehead atoms. The molecule has 1 atom stereocenters. The zero-order valence-corrected chi connectivity index (χ0v) is 9.35. The average Bonchev–Trinajstić information content (AvgIpc) is 2.74. The quantitative estimate of drug-likeness (QED) is 0.802. The van der Waals surface area contributed by atoms with Gasteiger partial charge in [0.05, 0.1) is 24.9 Å². The molecule has 4 heteroatoms. The molecule has 0 saturated carbocycles. The van der Waals surface area contributed by atoms with E-state index in [2.05, 4.69) is 21.5 Å². The molecule has 0 aromatic carbocycles. The molecule has 0 spiro atoms. The van der Waals surface area contributed by atoms with Crippen LogP contribution in [0.1, 0.15) is 23.7 Å². The van der Waals surface area contributed by atoms with Crippen LogP contribution < -0.4 is 5.43 Å². The Balaban J connectivity index is 1.68. The predicted octanol–water partition coefficient (Wildman–Crippen LogP) is 0.906. The second-order valence-corrected chi connectivity index (χ2v) is 4.37. The highest BCUT2D eigenvalue weighted by Gasteiger charge is 2.25. The van der Waals surface area contributed by atoms with Crippen LogP contribution in [0.5, 0.6) is 0 Å². The molecule has 1 aliphatic carbocycles. The molecule has 1 fully saturated rings. The van der Waals surface area contributed by atoms with Crippen LogP contribution in [0.25, 0.3) is 0 Å². The van der Waals surface area contributed by atoms with Crippen molar-refractivity contribution in [1.82, 2.24) is 15.4 Å². The van der Waals surface area contributed by atoms with E-state index < -0.39 is 0 Å². The lowest BCUT2D eigenvalue weighted by molar-refractivity contribution is 0.00317. The monoisotopic (exact) mass is 219 g/mol. The summed E-state index contributed by atoms with van der Waals surface area (Å²) in [5.41, 5.74) is 6.19. The summed E-state index contributed by atoms with van der Waals surface area (Å²) in [6.45, 7) is 3.60. The predicted molar refractivity (Wildman–Crippen MR) is 60.8 cm³/mol. The molecule has 2 heterocycles. The van der Waals surface area contributed by atoms with Gasteiger partial charge in [-0.3, -0.25) is 4.98 Å². The molecule has 2 aliphatic rings. The van der Waals surface area contributed by atoms with Crippen molar-refractivity contribution in [3.63, 3.8) is 0 Å². The van der Waals surface area contributed by atoms with Crippen LogP contribution >= 0.6 is 0 Å². The van der Waals surface area contributed by atoms with E-state index in [4.69, 9.17) is 4.74 Å². The van der Waals surface area contributed by atoms with Gasteiger partial charge in [0, 0.05) is 19.3 Å². The third kappa shape index (κ3) is 1.96. The maximum absolute atomic E-state index is 5.34. The molecule has 86 valence electrons. The van der Waals surface area contributed by atoms with Gasteiger partial charge in [0.1, 0.15) is 0 Å². The van der Waals surface area contributed by atoms with Gasteiger partial charge in [0.25, 0.3) is 0 Å². The van der Waals surface area contributed by atoms with Crippen molar-refractivity contribution in [2.24, 2.45) is 0 Å². The maximum Gasteiger partial charge on any atom is 0.0642 e. The molecule has 1 aromatic rings. The number of nitrogens with one attached hydrogen (secondary N) is 1. The highest BCUT2D eigenvalue weighted by atomic mass is 16.5. The van der Waals surface area contributed by atoms with E-state index in [0.29, 0.717) is 6.04 Å². The average molecular weight is 219 g/mol. The van der Waals surface area contributed by atoms with Crippen molar-refractivity contribution < 1.29 is 4.74 Å². The van der Waals surface area contributed by atoms with Gasteiger partial charge in [0.15, 0.2) is 0 Å². The minimum Gasteiger partial charge on any atom is -0.379 e. The summed E-state index contributed by atoms with van der Waals surface area (Å²) in [5, 5.41) is 2.26. The smallest absolute Gasteiger partial charge is 0.0642 e. The van der Waals surface area contributed by atoms with Gasteiger partial charge in [-0.2, -0.15) is 0 Å². The third-order valence-electron chi connectivity index (χ3n) is 3.31. The fourth-order valence-electron chi connectivity index (χ4n) is 2.45. The number of pyridine rings is 1. The van der Waals surface area contributed by atoms with Gasteiger partial charge in [0.2, 0.25) is 0 Å². The van der Waals surface area contributed by atoms with Gasteiger partial charge >= 0.3 is 0 Å². The van der Waals surface area contributed by atoms with E-state index in [0.717, 1.165) is 39.1 Å². The number of morpholine rings is 1. The lowest BCUT2D eigenvalue weighted by Gasteiger charge is -2.30. The minimum absolute atomic E-state index is 0.397. The van der Waals surface area contributed by atoms with Crippen molar-refractivity contribution in [3.8, 4) is 0 Å². The van der Waals surface area contributed by atoms with Crippen LogP contribution in [0.3, 0.4) is 0 Å². The SMILES string of the molecule is c1cnc2c(c1)CCC2NN1CCOCC1. The number of rotatable bonds is 2. The van der Waals surface area contributed by atoms with Gasteiger partial charge < -0.3 is 4.74 Å². The zero-order chi connectivity index (χ0) is 10.8. The lowest BCUT2D eigenvalue weighted by Crippen LogP contribution is -2.46. The normalized spacial score (nSPS) is 25.6. The number of ether oxygens (including phenoxy) is 1. The number of aromatic nitrogens is 1. The molecular weight excluding hydrogens is 202 g/mol. The van der Waals surface area contributed by atoms with Crippen molar-refractivity contribution in [3.05, 3.63) is 29.6 Å². The largest absolute Gasteiger partial charge is 0.379 e. The third-order valence-corrected chi connectivity index (χ3v) is 3.31. The maximum atomic E-state index is 5.34.